The van der Waals surface area contributed by atoms with Gasteiger partial charge in [-0.2, -0.15) is 0 Å². The van der Waals surface area contributed by atoms with Crippen LogP contribution in [-0.2, 0) is 20.7 Å². The van der Waals surface area contributed by atoms with Crippen LogP contribution in [0.5, 0.6) is 5.75 Å². The lowest BCUT2D eigenvalue weighted by Crippen LogP contribution is -2.51. The number of H-pyrrole nitrogens is 1. The van der Waals surface area contributed by atoms with Gasteiger partial charge in [0, 0.05) is 50.4 Å². The summed E-state index contributed by atoms with van der Waals surface area (Å²) in [5.74, 6) is 1.05. The molecule has 0 radical (unpaired) electrons. The summed E-state index contributed by atoms with van der Waals surface area (Å²) in [6, 6.07) is 6.53. The van der Waals surface area contributed by atoms with Gasteiger partial charge in [-0.1, -0.05) is 0 Å². The van der Waals surface area contributed by atoms with Crippen molar-refractivity contribution < 1.29 is 21.9 Å². The molecule has 2 aromatic rings. The Bertz CT molecular complexity index is 973. The highest BCUT2D eigenvalue weighted by molar-refractivity contribution is 5.89. The van der Waals surface area contributed by atoms with Crippen molar-refractivity contribution in [1.29, 1.82) is 0 Å². The summed E-state index contributed by atoms with van der Waals surface area (Å²) in [6.45, 7) is 4.07. The predicted molar refractivity (Wildman–Crippen MR) is 109 cm³/mol. The Morgan fingerprint density at radius 1 is 1.36 bits per heavy atom. The molecule has 3 aliphatic heterocycles. The second-order valence-corrected chi connectivity index (χ2v) is 8.10. The first-order valence-electron chi connectivity index (χ1n) is 9.97. The molecule has 2 unspecified atom stereocenters. The molecule has 0 amide bonds. The Morgan fingerprint density at radius 3 is 3.00 bits per heavy atom. The van der Waals surface area contributed by atoms with Gasteiger partial charge in [0.05, 0.1) is 38.2 Å². The van der Waals surface area contributed by atoms with Gasteiger partial charge in [-0.05, 0) is 37.5 Å². The molecule has 0 aliphatic carbocycles. The first-order chi connectivity index (χ1) is 13.6. The van der Waals surface area contributed by atoms with E-state index in [2.05, 4.69) is 28.9 Å². The molecule has 6 nitrogen and oxygen atoms in total. The monoisotopic (exact) mass is 386 g/mol. The number of ether oxygens (including phenoxy) is 3. The van der Waals surface area contributed by atoms with Gasteiger partial charge in [-0.3, -0.25) is 4.90 Å². The number of fused-ring (bicyclic) bond motifs is 6. The minimum absolute atomic E-state index is 0. The summed E-state index contributed by atoms with van der Waals surface area (Å²) in [4.78, 5) is 18.6. The molecular weight excluding hydrogens is 356 g/mol. The number of methoxy groups -OCH3 is 2. The van der Waals surface area contributed by atoms with Crippen LogP contribution in [-0.4, -0.2) is 49.3 Å². The van der Waals surface area contributed by atoms with Crippen LogP contribution in [0.15, 0.2) is 30.0 Å². The van der Waals surface area contributed by atoms with Gasteiger partial charge in [0.25, 0.3) is 0 Å². The predicted octanol–water partition coefficient (Wildman–Crippen LogP) is 3.68. The van der Waals surface area contributed by atoms with Crippen molar-refractivity contribution in [3.05, 3.63) is 41.3 Å². The van der Waals surface area contributed by atoms with Gasteiger partial charge in [0.2, 0.25) is 0 Å². The number of hydrogen-bond donors (Lipinski definition) is 1. The van der Waals surface area contributed by atoms with Crippen LogP contribution in [0, 0.1) is 11.8 Å². The van der Waals surface area contributed by atoms with Crippen molar-refractivity contribution in [3.63, 3.8) is 0 Å². The fraction of sp³-hybridized carbons (Fsp3) is 0.500. The molecule has 1 saturated heterocycles. The number of hydrogen-bond acceptors (Lipinski definition) is 5. The molecule has 0 bridgehead atoms. The van der Waals surface area contributed by atoms with Gasteiger partial charge in [-0.15, -0.1) is 0 Å². The third-order valence-electron chi connectivity index (χ3n) is 6.84. The molecule has 1 aromatic heterocycles. The summed E-state index contributed by atoms with van der Waals surface area (Å²) in [7, 11) is 3.13. The Balaban J connectivity index is 0.00000128. The van der Waals surface area contributed by atoms with Crippen LogP contribution >= 0.6 is 0 Å². The average molecular weight is 386 g/mol. The van der Waals surface area contributed by atoms with E-state index in [0.29, 0.717) is 11.5 Å². The summed E-state index contributed by atoms with van der Waals surface area (Å²) >= 11 is 0. The summed E-state index contributed by atoms with van der Waals surface area (Å²) in [5, 5.41) is 1.28. The van der Waals surface area contributed by atoms with Gasteiger partial charge in [0.1, 0.15) is 5.75 Å². The zero-order chi connectivity index (χ0) is 19.4. The van der Waals surface area contributed by atoms with E-state index in [4.69, 9.17) is 14.2 Å². The van der Waals surface area contributed by atoms with Crippen molar-refractivity contribution in [2.75, 3.05) is 27.3 Å². The van der Waals surface area contributed by atoms with E-state index in [1.54, 1.807) is 13.4 Å². The molecular formula is C22H30N2O4. The van der Waals surface area contributed by atoms with Crippen LogP contribution in [0.2, 0.25) is 0 Å². The highest BCUT2D eigenvalue weighted by Crippen LogP contribution is 2.47. The van der Waals surface area contributed by atoms with Crippen LogP contribution in [0.1, 0.15) is 33.5 Å². The van der Waals surface area contributed by atoms with Crippen molar-refractivity contribution in [3.8, 4) is 5.75 Å². The normalized spacial score (nSPS) is 29.2. The molecule has 4 atom stereocenters. The maximum Gasteiger partial charge on any atom is 0.337 e. The molecule has 1 N–H and O–H groups in total. The number of aromatic nitrogens is 1. The molecule has 0 saturated carbocycles. The summed E-state index contributed by atoms with van der Waals surface area (Å²) in [6.07, 6.45) is 3.67. The highest BCUT2D eigenvalue weighted by atomic mass is 16.5. The molecule has 3 aliphatic rings. The van der Waals surface area contributed by atoms with Gasteiger partial charge in [-0.25, -0.2) is 4.79 Å². The lowest BCUT2D eigenvalue weighted by molar-refractivity contribution is -0.139. The van der Waals surface area contributed by atoms with Gasteiger partial charge in [0.15, 0.2) is 0 Å². The van der Waals surface area contributed by atoms with Crippen molar-refractivity contribution in [2.24, 2.45) is 11.8 Å². The average Bonchev–Trinajstić information content (AvgIpc) is 3.10. The first-order valence-corrected chi connectivity index (χ1v) is 9.97. The lowest BCUT2D eigenvalue weighted by Gasteiger charge is -2.49. The lowest BCUT2D eigenvalue weighted by atomic mass is 9.72. The Kier molecular flexibility index (Phi) is 4.12. The van der Waals surface area contributed by atoms with Crippen LogP contribution in [0.4, 0.5) is 0 Å². The largest absolute Gasteiger partial charge is 0.497 e. The quantitative estimate of drug-likeness (QED) is 0.798. The number of piperidine rings is 1. The molecule has 6 heteroatoms. The van der Waals surface area contributed by atoms with E-state index < -0.39 is 0 Å². The smallest absolute Gasteiger partial charge is 0.337 e. The number of nitrogens with zero attached hydrogens (tertiary/aromatic N) is 1. The van der Waals surface area contributed by atoms with Crippen LogP contribution in [0.3, 0.4) is 0 Å². The number of rotatable bonds is 2. The second kappa shape index (κ2) is 6.55. The third-order valence-corrected chi connectivity index (χ3v) is 6.84. The minimum Gasteiger partial charge on any atom is -0.497 e. The molecule has 28 heavy (non-hydrogen) atoms. The molecule has 4 heterocycles. The minimum atomic E-state index is -0.271. The number of carbonyl (C=O) groups excluding carboxylic acids is 1. The van der Waals surface area contributed by atoms with Gasteiger partial charge < -0.3 is 19.2 Å². The molecule has 152 valence electrons. The number of esters is 1. The number of nitrogens with one attached hydrogen (secondary N) is 1. The zero-order valence-corrected chi connectivity index (χ0v) is 16.5. The Labute approximate surface area is 167 Å². The SMILES string of the molecule is COC(=O)C1=CO[C@H](C)[C@H]2CN3CCc4c([nH]c5cc(OC)ccc45)C3CC12.[HH].[HH]. The van der Waals surface area contributed by atoms with Crippen molar-refractivity contribution in [2.45, 2.75) is 31.9 Å². The molecule has 1 aromatic carbocycles. The third kappa shape index (κ3) is 2.54. The zero-order valence-electron chi connectivity index (χ0n) is 16.5. The topological polar surface area (TPSA) is 63.8 Å². The van der Waals surface area contributed by atoms with E-state index in [0.717, 1.165) is 37.2 Å². The second-order valence-electron chi connectivity index (χ2n) is 8.10. The van der Waals surface area contributed by atoms with Crippen molar-refractivity contribution >= 4 is 16.9 Å². The van der Waals surface area contributed by atoms with E-state index >= 15 is 0 Å². The summed E-state index contributed by atoms with van der Waals surface area (Å²) in [5.41, 5.74) is 4.49. The van der Waals surface area contributed by atoms with Crippen LogP contribution in [0.25, 0.3) is 10.9 Å². The highest BCUT2D eigenvalue weighted by Gasteiger charge is 2.46. The van der Waals surface area contributed by atoms with Crippen LogP contribution < -0.4 is 4.74 Å². The molecule has 0 spiro atoms. The number of benzene rings is 1. The molecule has 5 rings (SSSR count). The maximum atomic E-state index is 12.3. The van der Waals surface area contributed by atoms with Crippen molar-refractivity contribution in [1.82, 2.24) is 9.88 Å². The van der Waals surface area contributed by atoms with Gasteiger partial charge >= 0.3 is 5.97 Å². The Hall–Kier alpha value is -2.47. The number of aromatic amines is 1. The van der Waals surface area contributed by atoms with E-state index in [-0.39, 0.29) is 26.9 Å². The van der Waals surface area contributed by atoms with E-state index in [9.17, 15) is 4.79 Å². The van der Waals surface area contributed by atoms with E-state index in [1.807, 2.05) is 6.07 Å². The fourth-order valence-corrected chi connectivity index (χ4v) is 5.35. The standard InChI is InChI=1S/C22H26N2O4.2H2/c1-12-17-10-24-7-6-15-14-5-4-13(26-2)8-19(14)23-21(15)20(24)9-16(17)18(11-28-12)22(25)27-3;;/h4-5,8,11-12,16-17,20,23H,6-7,9-10H2,1-3H3;2*1H/t12-,16?,17-,20?;;/m1../s1. The maximum absolute atomic E-state index is 12.3. The first kappa shape index (κ1) is 17.6. The fourth-order valence-electron chi connectivity index (χ4n) is 5.35. The number of carbonyl (C=O) groups is 1. The Morgan fingerprint density at radius 2 is 2.21 bits per heavy atom. The summed E-state index contributed by atoms with van der Waals surface area (Å²) < 4.78 is 16.2. The van der Waals surface area contributed by atoms with E-state index in [1.165, 1.54) is 23.8 Å². The molecule has 1 fully saturated rings.